The molecule has 0 saturated carbocycles. The molecule has 2 N–H and O–H groups in total. The Hall–Kier alpha value is -2.27. The molecule has 3 aromatic rings. The molecule has 112 valence electrons. The maximum atomic E-state index is 5.96. The lowest BCUT2D eigenvalue weighted by Gasteiger charge is -2.13. The van der Waals surface area contributed by atoms with Gasteiger partial charge in [0.1, 0.15) is 0 Å². The fraction of sp³-hybridized carbons (Fsp3) is 0.235. The van der Waals surface area contributed by atoms with Gasteiger partial charge in [0.15, 0.2) is 0 Å². The molecular weight excluding hydrogens is 292 g/mol. The molecule has 0 unspecified atom stereocenters. The monoisotopic (exact) mass is 310 g/mol. The van der Waals surface area contributed by atoms with Crippen molar-refractivity contribution in [2.24, 2.45) is 0 Å². The number of anilines is 1. The Labute approximate surface area is 134 Å². The van der Waals surface area contributed by atoms with E-state index in [0.29, 0.717) is 5.95 Å². The quantitative estimate of drug-likeness (QED) is 0.767. The third-order valence-electron chi connectivity index (χ3n) is 3.53. The molecular formula is C17H18N4S. The number of hydrogen-bond acceptors (Lipinski definition) is 5. The summed E-state index contributed by atoms with van der Waals surface area (Å²) in [6.07, 6.45) is 6.75. The molecule has 4 nitrogen and oxygen atoms in total. The largest absolute Gasteiger partial charge is 0.368 e. The molecule has 0 aromatic carbocycles. The van der Waals surface area contributed by atoms with Crippen molar-refractivity contribution in [1.82, 2.24) is 15.0 Å². The fourth-order valence-electron chi connectivity index (χ4n) is 2.47. The summed E-state index contributed by atoms with van der Waals surface area (Å²) in [6, 6.07) is 6.01. The molecule has 0 spiro atoms. The van der Waals surface area contributed by atoms with Gasteiger partial charge in [-0.15, -0.1) is 0 Å². The lowest BCUT2D eigenvalue weighted by molar-refractivity contribution is 0.791. The average Bonchev–Trinajstić information content (AvgIpc) is 3.08. The number of hydrogen-bond donors (Lipinski definition) is 1. The number of nitrogens with zero attached hydrogens (tertiary/aromatic N) is 3. The van der Waals surface area contributed by atoms with Crippen molar-refractivity contribution >= 4 is 17.3 Å². The first-order chi connectivity index (χ1) is 10.8. The Bertz CT molecular complexity index is 739. The highest BCUT2D eigenvalue weighted by atomic mass is 32.1. The lowest BCUT2D eigenvalue weighted by atomic mass is 9.98. The predicted octanol–water partition coefficient (Wildman–Crippen LogP) is 4.19. The summed E-state index contributed by atoms with van der Waals surface area (Å²) in [6.45, 7) is 2.19. The predicted molar refractivity (Wildman–Crippen MR) is 91.6 cm³/mol. The summed E-state index contributed by atoms with van der Waals surface area (Å²) in [5.74, 6) is 0.306. The van der Waals surface area contributed by atoms with Crippen LogP contribution in [0.3, 0.4) is 0 Å². The summed E-state index contributed by atoms with van der Waals surface area (Å²) >= 11 is 1.66. The van der Waals surface area contributed by atoms with Crippen LogP contribution in [-0.4, -0.2) is 15.0 Å². The zero-order valence-electron chi connectivity index (χ0n) is 12.5. The first-order valence-corrected chi connectivity index (χ1v) is 8.33. The molecule has 0 bridgehead atoms. The molecule has 22 heavy (non-hydrogen) atoms. The molecule has 0 saturated heterocycles. The van der Waals surface area contributed by atoms with E-state index in [2.05, 4.69) is 38.7 Å². The first-order valence-electron chi connectivity index (χ1n) is 7.39. The smallest absolute Gasteiger partial charge is 0.221 e. The topological polar surface area (TPSA) is 64.7 Å². The number of pyridine rings is 1. The Balaban J connectivity index is 2.20. The first kappa shape index (κ1) is 14.7. The minimum Gasteiger partial charge on any atom is -0.368 e. The third kappa shape index (κ3) is 2.99. The van der Waals surface area contributed by atoms with Gasteiger partial charge >= 0.3 is 0 Å². The van der Waals surface area contributed by atoms with E-state index in [1.54, 1.807) is 17.5 Å². The lowest BCUT2D eigenvalue weighted by Crippen LogP contribution is -2.05. The number of thiophene rings is 1. The summed E-state index contributed by atoms with van der Waals surface area (Å²) in [5, 5.41) is 4.16. The van der Waals surface area contributed by atoms with Crippen LogP contribution < -0.4 is 5.73 Å². The van der Waals surface area contributed by atoms with Crippen LogP contribution in [0.25, 0.3) is 22.5 Å². The normalized spacial score (nSPS) is 10.8. The van der Waals surface area contributed by atoms with Crippen LogP contribution in [0.2, 0.25) is 0 Å². The summed E-state index contributed by atoms with van der Waals surface area (Å²) < 4.78 is 0. The van der Waals surface area contributed by atoms with Crippen molar-refractivity contribution in [3.05, 3.63) is 46.9 Å². The van der Waals surface area contributed by atoms with Crippen molar-refractivity contribution in [2.45, 2.75) is 26.2 Å². The highest BCUT2D eigenvalue weighted by Gasteiger charge is 2.16. The molecule has 0 atom stereocenters. The average molecular weight is 310 g/mol. The fourth-order valence-corrected chi connectivity index (χ4v) is 3.11. The van der Waals surface area contributed by atoms with E-state index in [1.807, 2.05) is 18.3 Å². The standard InChI is InChI=1S/C17H18N4S/c1-2-3-6-14-15(12-5-4-8-19-10-12)20-17(18)21-16(14)13-7-9-22-11-13/h4-5,7-11H,2-3,6H2,1H3,(H2,18,20,21). The molecule has 0 aliphatic heterocycles. The Morgan fingerprint density at radius 1 is 1.14 bits per heavy atom. The Morgan fingerprint density at radius 3 is 2.59 bits per heavy atom. The minimum atomic E-state index is 0.306. The maximum absolute atomic E-state index is 5.96. The third-order valence-corrected chi connectivity index (χ3v) is 4.22. The van der Waals surface area contributed by atoms with Gasteiger partial charge in [-0.2, -0.15) is 11.3 Å². The SMILES string of the molecule is CCCCc1c(-c2cccnc2)nc(N)nc1-c1ccsc1. The molecule has 3 heterocycles. The van der Waals surface area contributed by atoms with Crippen LogP contribution in [-0.2, 0) is 6.42 Å². The van der Waals surface area contributed by atoms with Gasteiger partial charge in [0, 0.05) is 34.5 Å². The summed E-state index contributed by atoms with van der Waals surface area (Å²) in [4.78, 5) is 13.2. The van der Waals surface area contributed by atoms with Crippen molar-refractivity contribution in [3.63, 3.8) is 0 Å². The van der Waals surface area contributed by atoms with Gasteiger partial charge in [-0.3, -0.25) is 4.98 Å². The van der Waals surface area contributed by atoms with Crippen molar-refractivity contribution in [1.29, 1.82) is 0 Å². The highest BCUT2D eigenvalue weighted by Crippen LogP contribution is 2.32. The number of unbranched alkanes of at least 4 members (excludes halogenated alkanes) is 1. The van der Waals surface area contributed by atoms with Crippen LogP contribution >= 0.6 is 11.3 Å². The Kier molecular flexibility index (Phi) is 4.44. The summed E-state index contributed by atoms with van der Waals surface area (Å²) in [5.41, 5.74) is 11.1. The Morgan fingerprint density at radius 2 is 1.95 bits per heavy atom. The number of nitrogen functional groups attached to an aromatic ring is 1. The van der Waals surface area contributed by atoms with E-state index in [9.17, 15) is 0 Å². The van der Waals surface area contributed by atoms with Crippen LogP contribution in [0.15, 0.2) is 41.4 Å². The van der Waals surface area contributed by atoms with Gasteiger partial charge in [0.25, 0.3) is 0 Å². The highest BCUT2D eigenvalue weighted by molar-refractivity contribution is 7.08. The van der Waals surface area contributed by atoms with E-state index in [-0.39, 0.29) is 0 Å². The minimum absolute atomic E-state index is 0.306. The van der Waals surface area contributed by atoms with Crippen molar-refractivity contribution in [2.75, 3.05) is 5.73 Å². The van der Waals surface area contributed by atoms with Gasteiger partial charge in [-0.1, -0.05) is 13.3 Å². The van der Waals surface area contributed by atoms with Crippen molar-refractivity contribution < 1.29 is 0 Å². The van der Waals surface area contributed by atoms with E-state index < -0.39 is 0 Å². The molecule has 0 fully saturated rings. The molecule has 0 amide bonds. The second-order valence-corrected chi connectivity index (χ2v) is 5.89. The van der Waals surface area contributed by atoms with Crippen LogP contribution in [0.5, 0.6) is 0 Å². The van der Waals surface area contributed by atoms with E-state index in [0.717, 1.165) is 47.3 Å². The molecule has 5 heteroatoms. The second kappa shape index (κ2) is 6.66. The zero-order valence-corrected chi connectivity index (χ0v) is 13.3. The van der Waals surface area contributed by atoms with Crippen molar-refractivity contribution in [3.8, 4) is 22.5 Å². The number of nitrogens with two attached hydrogens (primary N) is 1. The van der Waals surface area contributed by atoms with Gasteiger partial charge < -0.3 is 5.73 Å². The zero-order chi connectivity index (χ0) is 15.4. The maximum Gasteiger partial charge on any atom is 0.221 e. The molecule has 0 aliphatic rings. The van der Waals surface area contributed by atoms with Gasteiger partial charge in [0.2, 0.25) is 5.95 Å². The van der Waals surface area contributed by atoms with E-state index in [4.69, 9.17) is 5.73 Å². The summed E-state index contributed by atoms with van der Waals surface area (Å²) in [7, 11) is 0. The molecule has 0 aliphatic carbocycles. The molecule has 0 radical (unpaired) electrons. The van der Waals surface area contributed by atoms with Crippen LogP contribution in [0, 0.1) is 0 Å². The molecule has 3 rings (SSSR count). The van der Waals surface area contributed by atoms with Gasteiger partial charge in [-0.05, 0) is 36.4 Å². The number of aromatic nitrogens is 3. The van der Waals surface area contributed by atoms with E-state index >= 15 is 0 Å². The van der Waals surface area contributed by atoms with Crippen LogP contribution in [0.1, 0.15) is 25.3 Å². The van der Waals surface area contributed by atoms with Gasteiger partial charge in [0.05, 0.1) is 11.4 Å². The molecule has 3 aromatic heterocycles. The second-order valence-electron chi connectivity index (χ2n) is 5.11. The van der Waals surface area contributed by atoms with Gasteiger partial charge in [-0.25, -0.2) is 9.97 Å². The van der Waals surface area contributed by atoms with Crippen LogP contribution in [0.4, 0.5) is 5.95 Å². The van der Waals surface area contributed by atoms with E-state index in [1.165, 1.54) is 0 Å². The number of rotatable bonds is 5.